The maximum atomic E-state index is 11.0. The molecule has 4 heteroatoms. The number of benzene rings is 2. The molecule has 0 spiro atoms. The van der Waals surface area contributed by atoms with E-state index >= 15 is 0 Å². The third-order valence-electron chi connectivity index (χ3n) is 3.49. The zero-order valence-corrected chi connectivity index (χ0v) is 13.6. The van der Waals surface area contributed by atoms with Gasteiger partial charge >= 0.3 is 0 Å². The molecule has 0 fully saturated rings. The van der Waals surface area contributed by atoms with Crippen LogP contribution in [0.15, 0.2) is 42.5 Å². The molecule has 0 saturated heterocycles. The monoisotopic (exact) mass is 313 g/mol. The number of unbranched alkanes of at least 4 members (excludes halogenated alkanes) is 2. The summed E-state index contributed by atoms with van der Waals surface area (Å²) < 4.78 is 5.69. The Hall–Kier alpha value is -2.49. The summed E-state index contributed by atoms with van der Waals surface area (Å²) in [4.78, 5) is 11.0. The molecule has 0 radical (unpaired) electrons. The third-order valence-corrected chi connectivity index (χ3v) is 3.49. The summed E-state index contributed by atoms with van der Waals surface area (Å²) in [5.74, 6) is 1.06. The Morgan fingerprint density at radius 1 is 1.13 bits per heavy atom. The molecular weight excluding hydrogens is 290 g/mol. The molecular formula is C19H23NO3. The fraction of sp³-hybridized carbons (Fsp3) is 0.316. The second-order valence-electron chi connectivity index (χ2n) is 5.57. The van der Waals surface area contributed by atoms with Gasteiger partial charge in [-0.15, -0.1) is 0 Å². The van der Waals surface area contributed by atoms with Gasteiger partial charge in [-0.2, -0.15) is 0 Å². The minimum atomic E-state index is -0.116. The smallest absolute Gasteiger partial charge is 0.221 e. The largest absolute Gasteiger partial charge is 0.504 e. The van der Waals surface area contributed by atoms with Crippen molar-refractivity contribution in [2.75, 3.05) is 5.32 Å². The molecule has 2 N–H and O–H groups in total. The number of ether oxygens (including phenoxy) is 1. The van der Waals surface area contributed by atoms with Crippen molar-refractivity contribution < 1.29 is 14.6 Å². The first-order valence-corrected chi connectivity index (χ1v) is 7.96. The third kappa shape index (κ3) is 5.33. The molecule has 0 heterocycles. The van der Waals surface area contributed by atoms with Crippen LogP contribution in [0.25, 0.3) is 0 Å². The van der Waals surface area contributed by atoms with Gasteiger partial charge in [0.1, 0.15) is 5.75 Å². The van der Waals surface area contributed by atoms with Gasteiger partial charge in [0.05, 0.1) is 0 Å². The van der Waals surface area contributed by atoms with E-state index in [1.165, 1.54) is 19.8 Å². The lowest BCUT2D eigenvalue weighted by Gasteiger charge is -2.10. The highest BCUT2D eigenvalue weighted by molar-refractivity contribution is 5.88. The maximum absolute atomic E-state index is 11.0. The van der Waals surface area contributed by atoms with Crippen LogP contribution in [0, 0.1) is 0 Å². The molecule has 0 unspecified atom stereocenters. The number of anilines is 1. The van der Waals surface area contributed by atoms with Gasteiger partial charge in [0.15, 0.2) is 11.5 Å². The van der Waals surface area contributed by atoms with E-state index in [4.69, 9.17) is 4.74 Å². The summed E-state index contributed by atoms with van der Waals surface area (Å²) in [5, 5.41) is 12.8. The lowest BCUT2D eigenvalue weighted by Crippen LogP contribution is -2.05. The molecule has 122 valence electrons. The molecule has 2 aromatic rings. The molecule has 0 aliphatic carbocycles. The first-order chi connectivity index (χ1) is 11.1. The number of aromatic hydroxyl groups is 1. The topological polar surface area (TPSA) is 58.6 Å². The second kappa shape index (κ2) is 8.22. The van der Waals surface area contributed by atoms with Crippen LogP contribution in [-0.4, -0.2) is 11.0 Å². The number of aryl methyl sites for hydroxylation is 1. The fourth-order valence-electron chi connectivity index (χ4n) is 2.32. The van der Waals surface area contributed by atoms with Gasteiger partial charge in [-0.25, -0.2) is 0 Å². The van der Waals surface area contributed by atoms with Gasteiger partial charge in [-0.3, -0.25) is 4.79 Å². The van der Waals surface area contributed by atoms with E-state index in [1.807, 2.05) is 6.07 Å². The number of phenols is 1. The van der Waals surface area contributed by atoms with Crippen molar-refractivity contribution in [1.29, 1.82) is 0 Å². The van der Waals surface area contributed by atoms with Crippen LogP contribution in [0.5, 0.6) is 17.2 Å². The van der Waals surface area contributed by atoms with Gasteiger partial charge in [0, 0.05) is 12.6 Å². The molecule has 0 aliphatic rings. The van der Waals surface area contributed by atoms with E-state index in [0.29, 0.717) is 17.2 Å². The zero-order chi connectivity index (χ0) is 16.7. The molecule has 0 saturated carbocycles. The SMILES string of the molecule is CCCCCc1ccc(Oc2ccc(NC(C)=O)cc2)c(O)c1. The maximum Gasteiger partial charge on any atom is 0.221 e. The normalized spacial score (nSPS) is 10.3. The van der Waals surface area contributed by atoms with Crippen LogP contribution < -0.4 is 10.1 Å². The van der Waals surface area contributed by atoms with Gasteiger partial charge < -0.3 is 15.2 Å². The fourth-order valence-corrected chi connectivity index (χ4v) is 2.32. The van der Waals surface area contributed by atoms with Crippen LogP contribution in [0.4, 0.5) is 5.69 Å². The Balaban J connectivity index is 2.00. The number of rotatable bonds is 7. The molecule has 4 nitrogen and oxygen atoms in total. The van der Waals surface area contributed by atoms with E-state index in [2.05, 4.69) is 12.2 Å². The number of carbonyl (C=O) groups excluding carboxylic acids is 1. The number of hydrogen-bond donors (Lipinski definition) is 2. The highest BCUT2D eigenvalue weighted by atomic mass is 16.5. The molecule has 1 amide bonds. The average molecular weight is 313 g/mol. The van der Waals surface area contributed by atoms with Gasteiger partial charge in [0.2, 0.25) is 5.91 Å². The summed E-state index contributed by atoms with van der Waals surface area (Å²) in [6, 6.07) is 12.5. The Morgan fingerprint density at radius 2 is 1.87 bits per heavy atom. The van der Waals surface area contributed by atoms with Crippen molar-refractivity contribution in [3.8, 4) is 17.2 Å². The van der Waals surface area contributed by atoms with Crippen molar-refractivity contribution in [3.05, 3.63) is 48.0 Å². The standard InChI is InChI=1S/C19H23NO3/c1-3-4-5-6-15-7-12-19(18(22)13-15)23-17-10-8-16(9-11-17)20-14(2)21/h7-13,22H,3-6H2,1-2H3,(H,20,21). The molecule has 0 bridgehead atoms. The first-order valence-electron chi connectivity index (χ1n) is 7.96. The summed E-state index contributed by atoms with van der Waals surface area (Å²) in [7, 11) is 0. The summed E-state index contributed by atoms with van der Waals surface area (Å²) in [6.07, 6.45) is 4.47. The molecule has 0 atom stereocenters. The van der Waals surface area contributed by atoms with Crippen LogP contribution in [-0.2, 0) is 11.2 Å². The number of carbonyl (C=O) groups is 1. The minimum Gasteiger partial charge on any atom is -0.504 e. The molecule has 0 aromatic heterocycles. The Labute approximate surface area is 137 Å². The zero-order valence-electron chi connectivity index (χ0n) is 13.6. The van der Waals surface area contributed by atoms with E-state index < -0.39 is 0 Å². The quantitative estimate of drug-likeness (QED) is 0.717. The lowest BCUT2D eigenvalue weighted by atomic mass is 10.1. The number of nitrogens with one attached hydrogen (secondary N) is 1. The Bertz CT molecular complexity index is 650. The van der Waals surface area contributed by atoms with E-state index in [9.17, 15) is 9.90 Å². The van der Waals surface area contributed by atoms with Crippen LogP contribution in [0.1, 0.15) is 38.7 Å². The highest BCUT2D eigenvalue weighted by Crippen LogP contribution is 2.32. The van der Waals surface area contributed by atoms with Crippen molar-refractivity contribution in [3.63, 3.8) is 0 Å². The lowest BCUT2D eigenvalue weighted by molar-refractivity contribution is -0.114. The highest BCUT2D eigenvalue weighted by Gasteiger charge is 2.06. The number of phenolic OH excluding ortho intramolecular Hbond substituents is 1. The van der Waals surface area contributed by atoms with Crippen LogP contribution >= 0.6 is 0 Å². The predicted molar refractivity (Wildman–Crippen MR) is 92.2 cm³/mol. The van der Waals surface area contributed by atoms with E-state index in [-0.39, 0.29) is 11.7 Å². The van der Waals surface area contributed by atoms with Gasteiger partial charge in [-0.1, -0.05) is 25.8 Å². The summed E-state index contributed by atoms with van der Waals surface area (Å²) in [5.41, 5.74) is 1.82. The predicted octanol–water partition coefficient (Wildman–Crippen LogP) is 4.88. The number of hydrogen-bond acceptors (Lipinski definition) is 3. The Kier molecular flexibility index (Phi) is 6.03. The summed E-state index contributed by atoms with van der Waals surface area (Å²) >= 11 is 0. The second-order valence-corrected chi connectivity index (χ2v) is 5.57. The summed E-state index contributed by atoms with van der Waals surface area (Å²) in [6.45, 7) is 3.64. The Morgan fingerprint density at radius 3 is 2.48 bits per heavy atom. The van der Waals surface area contributed by atoms with Crippen molar-refractivity contribution in [2.45, 2.75) is 39.5 Å². The van der Waals surface area contributed by atoms with Gasteiger partial charge in [0.25, 0.3) is 0 Å². The average Bonchev–Trinajstić information content (AvgIpc) is 2.51. The van der Waals surface area contributed by atoms with Crippen molar-refractivity contribution in [2.24, 2.45) is 0 Å². The van der Waals surface area contributed by atoms with Crippen LogP contribution in [0.3, 0.4) is 0 Å². The van der Waals surface area contributed by atoms with E-state index in [1.54, 1.807) is 36.4 Å². The van der Waals surface area contributed by atoms with Crippen molar-refractivity contribution in [1.82, 2.24) is 0 Å². The van der Waals surface area contributed by atoms with E-state index in [0.717, 1.165) is 18.4 Å². The molecule has 0 aliphatic heterocycles. The van der Waals surface area contributed by atoms with Gasteiger partial charge in [-0.05, 0) is 54.8 Å². The minimum absolute atomic E-state index is 0.116. The molecule has 2 aromatic carbocycles. The van der Waals surface area contributed by atoms with Crippen molar-refractivity contribution >= 4 is 11.6 Å². The van der Waals surface area contributed by atoms with Crippen LogP contribution in [0.2, 0.25) is 0 Å². The number of amides is 1. The first kappa shape index (κ1) is 16.9. The molecule has 2 rings (SSSR count). The molecule has 23 heavy (non-hydrogen) atoms.